The first kappa shape index (κ1) is 12.7. The lowest BCUT2D eigenvalue weighted by molar-refractivity contribution is -0.126. The van der Waals surface area contributed by atoms with Crippen LogP contribution in [0.4, 0.5) is 8.78 Å². The van der Waals surface area contributed by atoms with E-state index >= 15 is 0 Å². The summed E-state index contributed by atoms with van der Waals surface area (Å²) < 4.78 is 31.8. The van der Waals surface area contributed by atoms with Crippen molar-refractivity contribution < 1.29 is 18.3 Å². The van der Waals surface area contributed by atoms with E-state index in [-0.39, 0.29) is 0 Å². The zero-order valence-electron chi connectivity index (χ0n) is 10.1. The van der Waals surface area contributed by atoms with E-state index in [0.717, 1.165) is 12.4 Å². The van der Waals surface area contributed by atoms with E-state index in [9.17, 15) is 13.6 Å². The zero-order chi connectivity index (χ0) is 13.2. The largest absolute Gasteiger partial charge is 0.487 e. The second-order valence-electron chi connectivity index (χ2n) is 4.42. The summed E-state index contributed by atoms with van der Waals surface area (Å²) in [6, 6.07) is 3.44. The minimum atomic E-state index is -0.792. The molecule has 0 amide bonds. The Bertz CT molecular complexity index is 497. The number of rotatable bonds is 3. The smallest absolute Gasteiger partial charge is 0.163 e. The van der Waals surface area contributed by atoms with E-state index < -0.39 is 17.2 Å². The van der Waals surface area contributed by atoms with Crippen LogP contribution in [-0.4, -0.2) is 11.9 Å². The number of allylic oxidation sites excluding steroid dienone is 1. The fourth-order valence-electron chi connectivity index (χ4n) is 2.03. The van der Waals surface area contributed by atoms with Crippen LogP contribution in [0.15, 0.2) is 24.5 Å². The van der Waals surface area contributed by atoms with Crippen LogP contribution in [-0.2, 0) is 9.53 Å². The van der Waals surface area contributed by atoms with Gasteiger partial charge in [-0.15, -0.1) is 0 Å². The molecule has 1 atom stereocenters. The monoisotopic (exact) mass is 252 g/mol. The van der Waals surface area contributed by atoms with Gasteiger partial charge in [-0.3, -0.25) is 4.79 Å². The predicted molar refractivity (Wildman–Crippen MR) is 63.7 cm³/mol. The number of carbonyl (C=O) groups excluding carboxylic acids is 1. The predicted octanol–water partition coefficient (Wildman–Crippen LogP) is 3.46. The van der Waals surface area contributed by atoms with Gasteiger partial charge in [-0.05, 0) is 37.0 Å². The molecule has 18 heavy (non-hydrogen) atoms. The van der Waals surface area contributed by atoms with Gasteiger partial charge < -0.3 is 4.74 Å². The van der Waals surface area contributed by atoms with E-state index in [2.05, 4.69) is 0 Å². The molecule has 1 heterocycles. The third kappa shape index (κ3) is 2.28. The SMILES string of the molecule is CCC1(C=O)CCC(c2ccc(F)cc2F)=CO1. The van der Waals surface area contributed by atoms with Crippen molar-refractivity contribution >= 4 is 11.9 Å². The van der Waals surface area contributed by atoms with Crippen molar-refractivity contribution in [1.29, 1.82) is 0 Å². The average molecular weight is 252 g/mol. The maximum atomic E-state index is 13.6. The lowest BCUT2D eigenvalue weighted by Gasteiger charge is -2.31. The third-order valence-corrected chi connectivity index (χ3v) is 3.34. The van der Waals surface area contributed by atoms with Gasteiger partial charge in [0.15, 0.2) is 11.9 Å². The van der Waals surface area contributed by atoms with Crippen LogP contribution in [0.1, 0.15) is 31.7 Å². The summed E-state index contributed by atoms with van der Waals surface area (Å²) >= 11 is 0. The molecule has 0 N–H and O–H groups in total. The molecule has 2 nitrogen and oxygen atoms in total. The molecule has 2 rings (SSSR count). The third-order valence-electron chi connectivity index (χ3n) is 3.34. The fourth-order valence-corrected chi connectivity index (χ4v) is 2.03. The molecule has 0 saturated carbocycles. The standard InChI is InChI=1S/C14H14F2O2/c1-2-14(9-17)6-5-10(8-18-14)12-4-3-11(15)7-13(12)16/h3-4,7-9H,2,5-6H2,1H3. The molecule has 0 saturated heterocycles. The van der Waals surface area contributed by atoms with E-state index in [1.54, 1.807) is 0 Å². The molecule has 1 aliphatic heterocycles. The summed E-state index contributed by atoms with van der Waals surface area (Å²) in [6.45, 7) is 1.87. The number of benzene rings is 1. The lowest BCUT2D eigenvalue weighted by Crippen LogP contribution is -2.34. The molecule has 1 aliphatic rings. The van der Waals surface area contributed by atoms with Crippen LogP contribution in [0.5, 0.6) is 0 Å². The minimum absolute atomic E-state index is 0.326. The molecule has 0 aliphatic carbocycles. The maximum Gasteiger partial charge on any atom is 0.163 e. The number of halogens is 2. The van der Waals surface area contributed by atoms with E-state index in [1.165, 1.54) is 18.4 Å². The Kier molecular flexibility index (Phi) is 3.45. The quantitative estimate of drug-likeness (QED) is 0.770. The van der Waals surface area contributed by atoms with E-state index in [4.69, 9.17) is 4.74 Å². The Morgan fingerprint density at radius 3 is 2.72 bits per heavy atom. The number of ether oxygens (including phenoxy) is 1. The normalized spacial score (nSPS) is 23.2. The van der Waals surface area contributed by atoms with Crippen LogP contribution in [0.25, 0.3) is 5.57 Å². The summed E-state index contributed by atoms with van der Waals surface area (Å²) in [5.41, 5.74) is 0.186. The lowest BCUT2D eigenvalue weighted by atomic mass is 9.89. The first-order valence-corrected chi connectivity index (χ1v) is 5.89. The summed E-state index contributed by atoms with van der Waals surface area (Å²) in [5, 5.41) is 0. The topological polar surface area (TPSA) is 26.3 Å². The van der Waals surface area contributed by atoms with Gasteiger partial charge in [0, 0.05) is 11.6 Å². The molecule has 4 heteroatoms. The fraction of sp³-hybridized carbons (Fsp3) is 0.357. The van der Waals surface area contributed by atoms with E-state index in [0.29, 0.717) is 30.4 Å². The van der Waals surface area contributed by atoms with Crippen LogP contribution in [0.3, 0.4) is 0 Å². The molecule has 0 aromatic heterocycles. The molecule has 1 unspecified atom stereocenters. The van der Waals surface area contributed by atoms with Gasteiger partial charge in [0.05, 0.1) is 6.26 Å². The summed E-state index contributed by atoms with van der Waals surface area (Å²) in [5.74, 6) is -1.22. The number of carbonyl (C=O) groups is 1. The van der Waals surface area contributed by atoms with Crippen molar-refractivity contribution in [2.24, 2.45) is 0 Å². The second kappa shape index (κ2) is 4.88. The second-order valence-corrected chi connectivity index (χ2v) is 4.42. The molecule has 0 fully saturated rings. The van der Waals surface area contributed by atoms with Gasteiger partial charge in [-0.25, -0.2) is 8.78 Å². The van der Waals surface area contributed by atoms with E-state index in [1.807, 2.05) is 6.92 Å². The van der Waals surface area contributed by atoms with Crippen LogP contribution >= 0.6 is 0 Å². The van der Waals surface area contributed by atoms with Crippen molar-refractivity contribution in [1.82, 2.24) is 0 Å². The average Bonchev–Trinajstić information content (AvgIpc) is 2.39. The van der Waals surface area contributed by atoms with Gasteiger partial charge >= 0.3 is 0 Å². The molecule has 96 valence electrons. The first-order valence-electron chi connectivity index (χ1n) is 5.89. The van der Waals surface area contributed by atoms with Crippen LogP contribution < -0.4 is 0 Å². The first-order chi connectivity index (χ1) is 8.60. The molecule has 0 spiro atoms. The molecule has 1 aromatic carbocycles. The molecular formula is C14H14F2O2. The number of aldehydes is 1. The Balaban J connectivity index is 2.27. The highest BCUT2D eigenvalue weighted by molar-refractivity contribution is 5.70. The van der Waals surface area contributed by atoms with Gasteiger partial charge in [0.1, 0.15) is 11.6 Å². The Morgan fingerprint density at radius 2 is 2.22 bits per heavy atom. The zero-order valence-corrected chi connectivity index (χ0v) is 10.1. The minimum Gasteiger partial charge on any atom is -0.487 e. The number of hydrogen-bond acceptors (Lipinski definition) is 2. The van der Waals surface area contributed by atoms with Crippen molar-refractivity contribution in [3.05, 3.63) is 41.7 Å². The van der Waals surface area contributed by atoms with Gasteiger partial charge in [-0.2, -0.15) is 0 Å². The van der Waals surface area contributed by atoms with Crippen molar-refractivity contribution in [2.75, 3.05) is 0 Å². The van der Waals surface area contributed by atoms with Crippen molar-refractivity contribution in [2.45, 2.75) is 31.8 Å². The van der Waals surface area contributed by atoms with Crippen molar-refractivity contribution in [3.63, 3.8) is 0 Å². The van der Waals surface area contributed by atoms with Gasteiger partial charge in [0.25, 0.3) is 0 Å². The number of hydrogen-bond donors (Lipinski definition) is 0. The summed E-state index contributed by atoms with van der Waals surface area (Å²) in [7, 11) is 0. The van der Waals surface area contributed by atoms with Crippen LogP contribution in [0, 0.1) is 11.6 Å². The highest BCUT2D eigenvalue weighted by Crippen LogP contribution is 2.34. The molecular weight excluding hydrogens is 238 g/mol. The Hall–Kier alpha value is -1.71. The Labute approximate surface area is 104 Å². The maximum absolute atomic E-state index is 13.6. The summed E-state index contributed by atoms with van der Waals surface area (Å²) in [6.07, 6.45) is 3.83. The van der Waals surface area contributed by atoms with Gasteiger partial charge in [-0.1, -0.05) is 6.92 Å². The van der Waals surface area contributed by atoms with Crippen molar-refractivity contribution in [3.8, 4) is 0 Å². The summed E-state index contributed by atoms with van der Waals surface area (Å²) in [4.78, 5) is 11.0. The molecule has 0 bridgehead atoms. The highest BCUT2D eigenvalue weighted by atomic mass is 19.1. The van der Waals surface area contributed by atoms with Crippen LogP contribution in [0.2, 0.25) is 0 Å². The Morgan fingerprint density at radius 1 is 1.44 bits per heavy atom. The highest BCUT2D eigenvalue weighted by Gasteiger charge is 2.32. The van der Waals surface area contributed by atoms with Gasteiger partial charge in [0.2, 0.25) is 0 Å². The molecule has 1 aromatic rings. The molecule has 0 radical (unpaired) electrons.